The predicted molar refractivity (Wildman–Crippen MR) is 102 cm³/mol. The minimum atomic E-state index is -0.115. The molecule has 1 fully saturated rings. The molecule has 2 heterocycles. The summed E-state index contributed by atoms with van der Waals surface area (Å²) in [6.45, 7) is 3.53. The van der Waals surface area contributed by atoms with Crippen molar-refractivity contribution < 1.29 is 9.21 Å². The number of carbonyl (C=O) groups excluding carboxylic acids is 1. The van der Waals surface area contributed by atoms with E-state index in [1.165, 1.54) is 11.3 Å². The molecule has 5 heteroatoms. The van der Waals surface area contributed by atoms with E-state index in [0.29, 0.717) is 30.8 Å². The molecule has 1 aromatic heterocycles. The van der Waals surface area contributed by atoms with Crippen molar-refractivity contribution in [3.8, 4) is 0 Å². The zero-order valence-corrected chi connectivity index (χ0v) is 15.3. The number of hydrogen-bond donors (Lipinski definition) is 2. The van der Waals surface area contributed by atoms with Gasteiger partial charge in [-0.15, -0.1) is 0 Å². The van der Waals surface area contributed by atoms with Crippen LogP contribution < -0.4 is 16.0 Å². The fourth-order valence-electron chi connectivity index (χ4n) is 4.46. The topological polar surface area (TPSA) is 71.5 Å². The molecule has 0 radical (unpaired) electrons. The second-order valence-electron chi connectivity index (χ2n) is 7.59. The molecule has 1 aliphatic heterocycles. The highest BCUT2D eigenvalue weighted by Crippen LogP contribution is 2.33. The average molecular weight is 353 g/mol. The summed E-state index contributed by atoms with van der Waals surface area (Å²) in [5.41, 5.74) is 9.40. The third kappa shape index (κ3) is 3.12. The van der Waals surface area contributed by atoms with Crippen molar-refractivity contribution in [3.05, 3.63) is 53.5 Å². The van der Waals surface area contributed by atoms with Gasteiger partial charge in [-0.2, -0.15) is 0 Å². The van der Waals surface area contributed by atoms with Crippen molar-refractivity contribution in [2.45, 2.75) is 51.2 Å². The molecule has 0 bridgehead atoms. The van der Waals surface area contributed by atoms with E-state index in [0.717, 1.165) is 31.2 Å². The van der Waals surface area contributed by atoms with Gasteiger partial charge in [0, 0.05) is 29.9 Å². The molecule has 0 spiro atoms. The Hall–Kier alpha value is -2.27. The summed E-state index contributed by atoms with van der Waals surface area (Å²) in [7, 11) is 0. The molecule has 2 aromatic rings. The quantitative estimate of drug-likeness (QED) is 0.866. The summed E-state index contributed by atoms with van der Waals surface area (Å²) in [4.78, 5) is 15.1. The Morgan fingerprint density at radius 1 is 1.31 bits per heavy atom. The number of rotatable bonds is 5. The Bertz CT molecular complexity index is 785. The van der Waals surface area contributed by atoms with Gasteiger partial charge in [-0.1, -0.05) is 24.6 Å². The highest BCUT2D eigenvalue weighted by Gasteiger charge is 2.31. The average Bonchev–Trinajstić information content (AvgIpc) is 3.35. The summed E-state index contributed by atoms with van der Waals surface area (Å²) >= 11 is 0. The standard InChI is InChI=1S/C21H27N3O2/c1-14-11-15-5-2-3-8-19(15)24(14)13-17-9-10-26-20(17)21(25)23-18-7-4-6-16(18)12-22/h2-3,5,8-10,14,16,18H,4,6-7,11-13,22H2,1H3,(H,23,25). The summed E-state index contributed by atoms with van der Waals surface area (Å²) in [6.07, 6.45) is 5.87. The number of benzene rings is 1. The minimum Gasteiger partial charge on any atom is -0.459 e. The predicted octanol–water partition coefficient (Wildman–Crippen LogP) is 3.09. The van der Waals surface area contributed by atoms with Crippen LogP contribution in [0.15, 0.2) is 41.0 Å². The van der Waals surface area contributed by atoms with E-state index in [-0.39, 0.29) is 11.9 Å². The number of furan rings is 1. The SMILES string of the molecule is CC1Cc2ccccc2N1Cc1ccoc1C(=O)NC1CCCC1CN. The molecular formula is C21H27N3O2. The van der Waals surface area contributed by atoms with Crippen LogP contribution in [0.4, 0.5) is 5.69 Å². The molecule has 2 aliphatic rings. The second-order valence-corrected chi connectivity index (χ2v) is 7.59. The van der Waals surface area contributed by atoms with Gasteiger partial charge >= 0.3 is 0 Å². The number of nitrogens with one attached hydrogen (secondary N) is 1. The van der Waals surface area contributed by atoms with Gasteiger partial charge in [0.25, 0.3) is 5.91 Å². The molecule has 1 aliphatic carbocycles. The van der Waals surface area contributed by atoms with Crippen LogP contribution in [-0.2, 0) is 13.0 Å². The van der Waals surface area contributed by atoms with Gasteiger partial charge in [0.1, 0.15) is 0 Å². The van der Waals surface area contributed by atoms with Crippen LogP contribution in [0.5, 0.6) is 0 Å². The van der Waals surface area contributed by atoms with Crippen LogP contribution in [0.1, 0.15) is 47.9 Å². The Morgan fingerprint density at radius 3 is 3.00 bits per heavy atom. The number of nitrogens with zero attached hydrogens (tertiary/aromatic N) is 1. The van der Waals surface area contributed by atoms with E-state index in [9.17, 15) is 4.79 Å². The first-order valence-corrected chi connectivity index (χ1v) is 9.59. The fraction of sp³-hybridized carbons (Fsp3) is 0.476. The maximum absolute atomic E-state index is 12.8. The maximum atomic E-state index is 12.8. The molecule has 0 saturated heterocycles. The number of nitrogens with two attached hydrogens (primary N) is 1. The minimum absolute atomic E-state index is 0.115. The summed E-state index contributed by atoms with van der Waals surface area (Å²) in [5, 5.41) is 3.15. The fourth-order valence-corrected chi connectivity index (χ4v) is 4.46. The monoisotopic (exact) mass is 353 g/mol. The van der Waals surface area contributed by atoms with Gasteiger partial charge in [-0.3, -0.25) is 4.79 Å². The van der Waals surface area contributed by atoms with Crippen molar-refractivity contribution in [2.24, 2.45) is 11.7 Å². The maximum Gasteiger partial charge on any atom is 0.287 e. The lowest BCUT2D eigenvalue weighted by molar-refractivity contribution is 0.0899. The number of carbonyl (C=O) groups is 1. The largest absolute Gasteiger partial charge is 0.459 e. The van der Waals surface area contributed by atoms with E-state index in [2.05, 4.69) is 41.4 Å². The molecule has 1 saturated carbocycles. The Kier molecular flexibility index (Phi) is 4.72. The lowest BCUT2D eigenvalue weighted by Crippen LogP contribution is -2.40. The number of amides is 1. The molecule has 1 aromatic carbocycles. The van der Waals surface area contributed by atoms with Crippen LogP contribution in [0.2, 0.25) is 0 Å². The molecule has 138 valence electrons. The lowest BCUT2D eigenvalue weighted by atomic mass is 10.0. The van der Waals surface area contributed by atoms with E-state index in [1.54, 1.807) is 6.26 Å². The molecule has 4 rings (SSSR count). The summed E-state index contributed by atoms with van der Waals surface area (Å²) in [6, 6.07) is 11.0. The van der Waals surface area contributed by atoms with Gasteiger partial charge < -0.3 is 20.4 Å². The van der Waals surface area contributed by atoms with Crippen molar-refractivity contribution in [1.82, 2.24) is 5.32 Å². The third-order valence-corrected chi connectivity index (χ3v) is 5.92. The molecule has 3 N–H and O–H groups in total. The highest BCUT2D eigenvalue weighted by molar-refractivity contribution is 5.93. The first kappa shape index (κ1) is 17.2. The van der Waals surface area contributed by atoms with Crippen molar-refractivity contribution in [2.75, 3.05) is 11.4 Å². The van der Waals surface area contributed by atoms with Crippen LogP contribution in [0, 0.1) is 5.92 Å². The number of fused-ring (bicyclic) bond motifs is 1. The van der Waals surface area contributed by atoms with E-state index in [4.69, 9.17) is 10.2 Å². The number of hydrogen-bond acceptors (Lipinski definition) is 4. The normalized spacial score (nSPS) is 24.7. The zero-order chi connectivity index (χ0) is 18.1. The second kappa shape index (κ2) is 7.16. The third-order valence-electron chi connectivity index (χ3n) is 5.92. The van der Waals surface area contributed by atoms with Gasteiger partial charge in [0.15, 0.2) is 5.76 Å². The van der Waals surface area contributed by atoms with Crippen LogP contribution >= 0.6 is 0 Å². The van der Waals surface area contributed by atoms with Crippen molar-refractivity contribution in [3.63, 3.8) is 0 Å². The molecule has 5 nitrogen and oxygen atoms in total. The molecule has 1 amide bonds. The van der Waals surface area contributed by atoms with Crippen LogP contribution in [0.25, 0.3) is 0 Å². The molecule has 26 heavy (non-hydrogen) atoms. The molecular weight excluding hydrogens is 326 g/mol. The molecule has 3 atom stereocenters. The first-order valence-electron chi connectivity index (χ1n) is 9.59. The van der Waals surface area contributed by atoms with Gasteiger partial charge in [0.05, 0.1) is 6.26 Å². The highest BCUT2D eigenvalue weighted by atomic mass is 16.3. The smallest absolute Gasteiger partial charge is 0.287 e. The Labute approximate surface area is 154 Å². The van der Waals surface area contributed by atoms with E-state index < -0.39 is 0 Å². The van der Waals surface area contributed by atoms with Gasteiger partial charge in [-0.25, -0.2) is 0 Å². The van der Waals surface area contributed by atoms with Crippen molar-refractivity contribution in [1.29, 1.82) is 0 Å². The Balaban J connectivity index is 1.50. The van der Waals surface area contributed by atoms with Gasteiger partial charge in [-0.05, 0) is 56.3 Å². The first-order chi connectivity index (χ1) is 12.7. The summed E-state index contributed by atoms with van der Waals surface area (Å²) in [5.74, 6) is 0.697. The van der Waals surface area contributed by atoms with E-state index in [1.807, 2.05) is 6.07 Å². The number of para-hydroxylation sites is 1. The Morgan fingerprint density at radius 2 is 2.15 bits per heavy atom. The summed E-state index contributed by atoms with van der Waals surface area (Å²) < 4.78 is 5.57. The van der Waals surface area contributed by atoms with Gasteiger partial charge in [0.2, 0.25) is 0 Å². The van der Waals surface area contributed by atoms with Crippen molar-refractivity contribution >= 4 is 11.6 Å². The molecule has 3 unspecified atom stereocenters. The zero-order valence-electron chi connectivity index (χ0n) is 15.3. The van der Waals surface area contributed by atoms with E-state index >= 15 is 0 Å². The van der Waals surface area contributed by atoms with Crippen LogP contribution in [-0.4, -0.2) is 24.5 Å². The lowest BCUT2D eigenvalue weighted by Gasteiger charge is -2.25. The number of anilines is 1. The van der Waals surface area contributed by atoms with Crippen LogP contribution in [0.3, 0.4) is 0 Å².